The summed E-state index contributed by atoms with van der Waals surface area (Å²) in [5, 5.41) is 7.33. The van der Waals surface area contributed by atoms with Gasteiger partial charge < -0.3 is 14.8 Å². The van der Waals surface area contributed by atoms with Crippen molar-refractivity contribution in [3.8, 4) is 17.4 Å². The van der Waals surface area contributed by atoms with Crippen LogP contribution in [0.2, 0.25) is 0 Å². The minimum absolute atomic E-state index is 0.124. The first-order valence-corrected chi connectivity index (χ1v) is 9.15. The van der Waals surface area contributed by atoms with Gasteiger partial charge in [-0.15, -0.1) is 11.3 Å². The van der Waals surface area contributed by atoms with E-state index in [9.17, 15) is 13.2 Å². The quantitative estimate of drug-likeness (QED) is 0.539. The summed E-state index contributed by atoms with van der Waals surface area (Å²) in [6, 6.07) is 6.47. The van der Waals surface area contributed by atoms with E-state index in [0.29, 0.717) is 29.4 Å². The van der Waals surface area contributed by atoms with Gasteiger partial charge in [0.1, 0.15) is 28.2 Å². The van der Waals surface area contributed by atoms with Gasteiger partial charge >= 0.3 is 6.18 Å². The minimum atomic E-state index is -4.46. The van der Waals surface area contributed by atoms with Crippen LogP contribution in [0.4, 0.5) is 19.0 Å². The van der Waals surface area contributed by atoms with Crippen molar-refractivity contribution < 1.29 is 22.6 Å². The van der Waals surface area contributed by atoms with Gasteiger partial charge in [-0.3, -0.25) is 0 Å². The highest BCUT2D eigenvalue weighted by molar-refractivity contribution is 7.18. The number of benzene rings is 1. The lowest BCUT2D eigenvalue weighted by atomic mass is 10.2. The molecule has 1 N–H and O–H groups in total. The first kappa shape index (κ1) is 17.7. The van der Waals surface area contributed by atoms with E-state index in [0.717, 1.165) is 11.6 Å². The van der Waals surface area contributed by atoms with E-state index in [2.05, 4.69) is 25.4 Å². The maximum Gasteiger partial charge on any atom is 0.425 e. The van der Waals surface area contributed by atoms with Crippen molar-refractivity contribution in [2.45, 2.75) is 12.7 Å². The molecule has 0 amide bonds. The van der Waals surface area contributed by atoms with Crippen molar-refractivity contribution in [3.05, 3.63) is 47.4 Å². The first-order chi connectivity index (χ1) is 14.0. The molecule has 0 bridgehead atoms. The molecular weight excluding hydrogens is 409 g/mol. The molecule has 1 aliphatic rings. The van der Waals surface area contributed by atoms with Crippen molar-refractivity contribution in [3.63, 3.8) is 0 Å². The lowest BCUT2D eigenvalue weighted by molar-refractivity contribution is -0.134. The molecule has 0 saturated heterocycles. The summed E-state index contributed by atoms with van der Waals surface area (Å²) in [5.41, 5.74) is 0.856. The highest BCUT2D eigenvalue weighted by atomic mass is 32.1. The molecule has 0 atom stereocenters. The van der Waals surface area contributed by atoms with Gasteiger partial charge in [0, 0.05) is 6.54 Å². The number of hydrogen-bond donors (Lipinski definition) is 1. The largest absolute Gasteiger partial charge is 0.454 e. The fraction of sp³-hybridized carbons (Fsp3) is 0.176. The minimum Gasteiger partial charge on any atom is -0.454 e. The van der Waals surface area contributed by atoms with Crippen molar-refractivity contribution in [2.24, 2.45) is 0 Å². The molecule has 0 radical (unpaired) electrons. The zero-order chi connectivity index (χ0) is 20.0. The molecular formula is C17H11F3N6O2S. The normalized spacial score (nSPS) is 13.2. The van der Waals surface area contributed by atoms with E-state index >= 15 is 0 Å². The molecule has 29 heavy (non-hydrogen) atoms. The number of hydrogen-bond acceptors (Lipinski definition) is 8. The Balaban J connectivity index is 1.53. The molecule has 0 spiro atoms. The number of fused-ring (bicyclic) bond motifs is 2. The van der Waals surface area contributed by atoms with Crippen LogP contribution in [0.25, 0.3) is 16.2 Å². The van der Waals surface area contributed by atoms with E-state index in [1.54, 1.807) is 12.1 Å². The molecule has 5 rings (SSSR count). The van der Waals surface area contributed by atoms with Gasteiger partial charge in [-0.1, -0.05) is 6.07 Å². The Morgan fingerprint density at radius 2 is 2.00 bits per heavy atom. The molecule has 1 aliphatic heterocycles. The van der Waals surface area contributed by atoms with E-state index in [1.807, 2.05) is 6.07 Å². The van der Waals surface area contributed by atoms with Gasteiger partial charge in [0.25, 0.3) is 5.95 Å². The molecule has 8 nitrogen and oxygen atoms in total. The fourth-order valence-corrected chi connectivity index (χ4v) is 3.73. The van der Waals surface area contributed by atoms with E-state index in [4.69, 9.17) is 9.47 Å². The molecule has 4 heterocycles. The monoisotopic (exact) mass is 420 g/mol. The lowest BCUT2D eigenvalue weighted by Gasteiger charge is -2.09. The Morgan fingerprint density at radius 1 is 1.14 bits per heavy atom. The molecule has 4 aromatic rings. The van der Waals surface area contributed by atoms with E-state index in [-0.39, 0.29) is 28.8 Å². The average Bonchev–Trinajstić information content (AvgIpc) is 3.44. The SMILES string of the molecule is FC(F)(F)c1cc2c(NCc3ccc4c(c3)OCO4)nc(-n3cncn3)nc2s1. The number of thiophene rings is 1. The highest BCUT2D eigenvalue weighted by Crippen LogP contribution is 2.39. The summed E-state index contributed by atoms with van der Waals surface area (Å²) in [5.74, 6) is 1.67. The summed E-state index contributed by atoms with van der Waals surface area (Å²) < 4.78 is 51.5. The van der Waals surface area contributed by atoms with Crippen LogP contribution in [0.3, 0.4) is 0 Å². The summed E-state index contributed by atoms with van der Waals surface area (Å²) >= 11 is 0.554. The van der Waals surface area contributed by atoms with Gasteiger partial charge in [-0.2, -0.15) is 32.9 Å². The Morgan fingerprint density at radius 3 is 2.79 bits per heavy atom. The maximum absolute atomic E-state index is 13.2. The first-order valence-electron chi connectivity index (χ1n) is 8.33. The van der Waals surface area contributed by atoms with Gasteiger partial charge in [0.2, 0.25) is 6.79 Å². The zero-order valence-corrected chi connectivity index (χ0v) is 15.3. The van der Waals surface area contributed by atoms with Crippen LogP contribution in [-0.2, 0) is 12.7 Å². The van der Waals surface area contributed by atoms with Gasteiger partial charge in [0.15, 0.2) is 11.5 Å². The average molecular weight is 420 g/mol. The van der Waals surface area contributed by atoms with Gasteiger partial charge in [-0.05, 0) is 23.8 Å². The second kappa shape index (κ2) is 6.58. The molecule has 0 aliphatic carbocycles. The lowest BCUT2D eigenvalue weighted by Crippen LogP contribution is -2.07. The van der Waals surface area contributed by atoms with Crippen LogP contribution < -0.4 is 14.8 Å². The number of aromatic nitrogens is 5. The predicted octanol–water partition coefficient (Wildman–Crippen LogP) is 3.63. The van der Waals surface area contributed by atoms with E-state index < -0.39 is 11.1 Å². The van der Waals surface area contributed by atoms with Crippen molar-refractivity contribution in [1.29, 1.82) is 0 Å². The number of halogens is 3. The molecule has 1 aromatic carbocycles. The van der Waals surface area contributed by atoms with E-state index in [1.165, 1.54) is 17.3 Å². The Bertz CT molecular complexity index is 1190. The topological polar surface area (TPSA) is 87.0 Å². The number of ether oxygens (including phenoxy) is 2. The van der Waals surface area contributed by atoms with Crippen molar-refractivity contribution in [2.75, 3.05) is 12.1 Å². The maximum atomic E-state index is 13.2. The predicted molar refractivity (Wildman–Crippen MR) is 97.2 cm³/mol. The van der Waals surface area contributed by atoms with Crippen LogP contribution in [0, 0.1) is 0 Å². The second-order valence-corrected chi connectivity index (χ2v) is 7.11. The third kappa shape index (κ3) is 3.31. The smallest absolute Gasteiger partial charge is 0.425 e. The summed E-state index contributed by atoms with van der Waals surface area (Å²) in [7, 11) is 0. The molecule has 148 valence electrons. The second-order valence-electron chi connectivity index (χ2n) is 6.08. The Kier molecular flexibility index (Phi) is 4.01. The summed E-state index contributed by atoms with van der Waals surface area (Å²) in [6.45, 7) is 0.478. The molecule has 0 fully saturated rings. The zero-order valence-electron chi connectivity index (χ0n) is 14.5. The van der Waals surface area contributed by atoms with Crippen LogP contribution in [-0.4, -0.2) is 31.5 Å². The van der Waals surface area contributed by atoms with Gasteiger partial charge in [-0.25, -0.2) is 4.98 Å². The van der Waals surface area contributed by atoms with Crippen LogP contribution in [0.15, 0.2) is 36.9 Å². The highest BCUT2D eigenvalue weighted by Gasteiger charge is 2.34. The van der Waals surface area contributed by atoms with Crippen LogP contribution in [0.5, 0.6) is 11.5 Å². The van der Waals surface area contributed by atoms with Crippen LogP contribution in [0.1, 0.15) is 10.4 Å². The third-order valence-electron chi connectivity index (χ3n) is 4.18. The Hall–Kier alpha value is -3.41. The number of nitrogens with zero attached hydrogens (tertiary/aromatic N) is 5. The summed E-state index contributed by atoms with van der Waals surface area (Å²) in [4.78, 5) is 11.8. The molecule has 0 saturated carbocycles. The fourth-order valence-electron chi connectivity index (χ4n) is 2.84. The van der Waals surface area contributed by atoms with Crippen molar-refractivity contribution in [1.82, 2.24) is 24.7 Å². The summed E-state index contributed by atoms with van der Waals surface area (Å²) in [6.07, 6.45) is -1.79. The third-order valence-corrected chi connectivity index (χ3v) is 5.25. The number of anilines is 1. The standard InChI is InChI=1S/C17H11F3N6O2S/c18-17(19,20)13-4-10-14(22-5-9-1-2-11-12(3-9)28-8-27-11)24-16(25-15(10)29-13)26-7-21-6-23-26/h1-4,6-7H,5,8H2,(H,22,24,25). The van der Waals surface area contributed by atoms with Crippen molar-refractivity contribution >= 4 is 27.4 Å². The molecule has 12 heteroatoms. The number of alkyl halides is 3. The van der Waals surface area contributed by atoms with Crippen LogP contribution >= 0.6 is 11.3 Å². The molecule has 0 unspecified atom stereocenters. The Labute approximate surface area is 164 Å². The van der Waals surface area contributed by atoms with Gasteiger partial charge in [0.05, 0.1) is 5.39 Å². The number of nitrogens with one attached hydrogen (secondary N) is 1. The number of rotatable bonds is 4. The molecule has 3 aromatic heterocycles.